The Morgan fingerprint density at radius 1 is 1.19 bits per heavy atom. The quantitative estimate of drug-likeness (QED) is 0.373. The van der Waals surface area contributed by atoms with Gasteiger partial charge in [-0.15, -0.1) is 0 Å². The normalized spacial score (nSPS) is 17.1. The van der Waals surface area contributed by atoms with Crippen LogP contribution in [0.3, 0.4) is 0 Å². The van der Waals surface area contributed by atoms with Gasteiger partial charge in [-0.05, 0) is 65.8 Å². The summed E-state index contributed by atoms with van der Waals surface area (Å²) in [6.45, 7) is 1.67. The third-order valence-corrected chi connectivity index (χ3v) is 7.03. The minimum Gasteiger partial charge on any atom is -0.466 e. The minimum absolute atomic E-state index is 0.0887. The fourth-order valence-electron chi connectivity index (χ4n) is 3.30. The molecule has 1 aliphatic rings. The van der Waals surface area contributed by atoms with Crippen LogP contribution >= 0.6 is 22.6 Å². The molecule has 2 aromatic rings. The van der Waals surface area contributed by atoms with E-state index in [1.807, 2.05) is 22.6 Å². The molecule has 0 radical (unpaired) electrons. The second-order valence-electron chi connectivity index (χ2n) is 7.31. The Morgan fingerprint density at radius 3 is 2.59 bits per heavy atom. The minimum atomic E-state index is -4.15. The lowest BCUT2D eigenvalue weighted by Crippen LogP contribution is -2.44. The lowest BCUT2D eigenvalue weighted by Gasteiger charge is -2.31. The Balaban J connectivity index is 1.84. The zero-order chi connectivity index (χ0) is 23.5. The van der Waals surface area contributed by atoms with Crippen LogP contribution in [0.25, 0.3) is 0 Å². The Morgan fingerprint density at radius 2 is 1.91 bits per heavy atom. The monoisotopic (exact) mass is 583 g/mol. The topological polar surface area (TPSA) is 87.7 Å². The first kappa shape index (κ1) is 24.6. The fourth-order valence-corrected chi connectivity index (χ4v) is 5.11. The largest absolute Gasteiger partial charge is 0.466 e. The van der Waals surface area contributed by atoms with E-state index in [1.165, 1.54) is 19.1 Å². The van der Waals surface area contributed by atoms with Crippen LogP contribution in [0.5, 0.6) is 0 Å². The molecule has 174 valence electrons. The van der Waals surface area contributed by atoms with Gasteiger partial charge in [-0.25, -0.2) is 13.2 Å². The first-order valence-electron chi connectivity index (χ1n) is 9.68. The number of hydrogen-bond acceptors (Lipinski definition) is 5. The van der Waals surface area contributed by atoms with Crippen molar-refractivity contribution >= 4 is 55.8 Å². The summed E-state index contributed by atoms with van der Waals surface area (Å²) in [7, 11) is -4.15. The maximum Gasteiger partial charge on any atom is 0.302 e. The number of esters is 1. The molecule has 2 aromatic carbocycles. The van der Waals surface area contributed by atoms with Gasteiger partial charge in [0.1, 0.15) is 11.5 Å². The summed E-state index contributed by atoms with van der Waals surface area (Å²) in [6.07, 6.45) is 1.23. The third kappa shape index (κ3) is 6.04. The van der Waals surface area contributed by atoms with Gasteiger partial charge in [0.25, 0.3) is 0 Å². The number of nitrogens with one attached hydrogen (secondary N) is 2. The van der Waals surface area contributed by atoms with E-state index in [2.05, 4.69) is 10.0 Å². The Kier molecular flexibility index (Phi) is 7.88. The van der Waals surface area contributed by atoms with E-state index in [4.69, 9.17) is 4.74 Å². The molecule has 1 heterocycles. The van der Waals surface area contributed by atoms with Gasteiger partial charge in [-0.2, -0.15) is 12.7 Å². The summed E-state index contributed by atoms with van der Waals surface area (Å²) >= 11 is 1.90. The third-order valence-electron chi connectivity index (χ3n) is 4.87. The summed E-state index contributed by atoms with van der Waals surface area (Å²) in [5.41, 5.74) is -0.958. The number of piperidine rings is 1. The molecule has 2 N–H and O–H groups in total. The molecule has 1 aliphatic heterocycles. The number of halogens is 4. The van der Waals surface area contributed by atoms with Gasteiger partial charge < -0.3 is 10.1 Å². The molecule has 12 heteroatoms. The van der Waals surface area contributed by atoms with E-state index < -0.39 is 39.3 Å². The van der Waals surface area contributed by atoms with E-state index in [9.17, 15) is 26.4 Å². The van der Waals surface area contributed by atoms with E-state index in [-0.39, 0.29) is 37.0 Å². The summed E-state index contributed by atoms with van der Waals surface area (Å²) in [4.78, 5) is 11.0. The van der Waals surface area contributed by atoms with E-state index in [1.54, 1.807) is 6.07 Å². The van der Waals surface area contributed by atoms with Crippen molar-refractivity contribution in [2.45, 2.75) is 19.8 Å². The van der Waals surface area contributed by atoms with Crippen molar-refractivity contribution < 1.29 is 31.1 Å². The number of benzene rings is 2. The molecule has 0 aliphatic carbocycles. The molecule has 1 fully saturated rings. The van der Waals surface area contributed by atoms with Gasteiger partial charge in [0.15, 0.2) is 11.6 Å². The van der Waals surface area contributed by atoms with Gasteiger partial charge in [-0.1, -0.05) is 0 Å². The highest BCUT2D eigenvalue weighted by Gasteiger charge is 2.30. The van der Waals surface area contributed by atoms with Crippen molar-refractivity contribution in [2.24, 2.45) is 5.92 Å². The number of carbonyl (C=O) groups is 1. The zero-order valence-electron chi connectivity index (χ0n) is 17.0. The molecule has 3 rings (SSSR count). The lowest BCUT2D eigenvalue weighted by molar-refractivity contribution is -0.142. The van der Waals surface area contributed by atoms with Gasteiger partial charge in [0.2, 0.25) is 0 Å². The van der Waals surface area contributed by atoms with Crippen LogP contribution in [0, 0.1) is 26.9 Å². The summed E-state index contributed by atoms with van der Waals surface area (Å²) in [5.74, 6) is -3.93. The fraction of sp³-hybridized carbons (Fsp3) is 0.350. The highest BCUT2D eigenvalue weighted by Crippen LogP contribution is 2.33. The predicted molar refractivity (Wildman–Crippen MR) is 122 cm³/mol. The number of hydrogen-bond donors (Lipinski definition) is 2. The van der Waals surface area contributed by atoms with E-state index >= 15 is 0 Å². The second kappa shape index (κ2) is 10.3. The van der Waals surface area contributed by atoms with Crippen molar-refractivity contribution in [3.8, 4) is 0 Å². The van der Waals surface area contributed by atoms with Crippen molar-refractivity contribution in [1.82, 2.24) is 4.31 Å². The van der Waals surface area contributed by atoms with Crippen LogP contribution in [0.1, 0.15) is 19.8 Å². The maximum absolute atomic E-state index is 14.6. The summed E-state index contributed by atoms with van der Waals surface area (Å²) in [5, 5.41) is 2.45. The first-order chi connectivity index (χ1) is 15.1. The van der Waals surface area contributed by atoms with E-state index in [0.29, 0.717) is 16.4 Å². The summed E-state index contributed by atoms with van der Waals surface area (Å²) < 4.78 is 77.5. The molecule has 7 nitrogen and oxygen atoms in total. The zero-order valence-corrected chi connectivity index (χ0v) is 20.0. The van der Waals surface area contributed by atoms with Crippen molar-refractivity contribution in [2.75, 3.05) is 29.7 Å². The van der Waals surface area contributed by atoms with Gasteiger partial charge in [0.05, 0.1) is 18.0 Å². The number of rotatable bonds is 7. The highest BCUT2D eigenvalue weighted by atomic mass is 127. The molecular weight excluding hydrogens is 562 g/mol. The standard InChI is InChI=1S/C20H21F3IN3O4S/c1-12(28)31-11-13-3-2-8-27(10-13)32(29,30)26-18-7-5-15(21)19(23)20(18)25-17-6-4-14(24)9-16(17)22/h4-7,9,13,25-26H,2-3,8,10-11H2,1H3. The molecule has 0 amide bonds. The number of ether oxygens (including phenoxy) is 1. The summed E-state index contributed by atoms with van der Waals surface area (Å²) in [6, 6.07) is 5.93. The maximum atomic E-state index is 14.6. The Labute approximate surface area is 197 Å². The van der Waals surface area contributed by atoms with Crippen LogP contribution < -0.4 is 10.0 Å². The van der Waals surface area contributed by atoms with Crippen LogP contribution in [0.4, 0.5) is 30.2 Å². The molecule has 0 spiro atoms. The van der Waals surface area contributed by atoms with Gasteiger partial charge in [-0.3, -0.25) is 9.52 Å². The molecular formula is C20H21F3IN3O4S. The molecule has 1 atom stereocenters. The van der Waals surface area contributed by atoms with Crippen LogP contribution in [0.2, 0.25) is 0 Å². The SMILES string of the molecule is CC(=O)OCC1CCCN(S(=O)(=O)Nc2ccc(F)c(F)c2Nc2ccc(I)cc2F)C1. The molecule has 32 heavy (non-hydrogen) atoms. The first-order valence-corrected chi connectivity index (χ1v) is 12.2. The number of nitrogens with zero attached hydrogens (tertiary/aromatic N) is 1. The van der Waals surface area contributed by atoms with Crippen LogP contribution in [-0.2, 0) is 19.7 Å². The number of anilines is 3. The molecule has 1 saturated heterocycles. The highest BCUT2D eigenvalue weighted by molar-refractivity contribution is 14.1. The average molecular weight is 583 g/mol. The molecule has 0 saturated carbocycles. The smallest absolute Gasteiger partial charge is 0.302 e. The molecule has 0 bridgehead atoms. The second-order valence-corrected chi connectivity index (χ2v) is 10.2. The Hall–Kier alpha value is -2.06. The van der Waals surface area contributed by atoms with Crippen LogP contribution in [-0.4, -0.2) is 38.4 Å². The Bertz CT molecular complexity index is 1120. The average Bonchev–Trinajstić information content (AvgIpc) is 2.73. The van der Waals surface area contributed by atoms with Crippen molar-refractivity contribution in [1.29, 1.82) is 0 Å². The van der Waals surface area contributed by atoms with Crippen molar-refractivity contribution in [3.05, 3.63) is 51.4 Å². The van der Waals surface area contributed by atoms with Gasteiger partial charge >= 0.3 is 16.2 Å². The molecule has 1 unspecified atom stereocenters. The van der Waals surface area contributed by atoms with Crippen LogP contribution in [0.15, 0.2) is 30.3 Å². The van der Waals surface area contributed by atoms with E-state index in [0.717, 1.165) is 16.4 Å². The van der Waals surface area contributed by atoms with Crippen molar-refractivity contribution in [3.63, 3.8) is 0 Å². The predicted octanol–water partition coefficient (Wildman–Crippen LogP) is 4.38. The number of carbonyl (C=O) groups excluding carboxylic acids is 1. The van der Waals surface area contributed by atoms with Gasteiger partial charge in [0, 0.05) is 29.5 Å². The lowest BCUT2D eigenvalue weighted by atomic mass is 10.0. The molecule has 0 aromatic heterocycles.